The molecule has 0 saturated carbocycles. The molecule has 0 spiro atoms. The third-order valence-electron chi connectivity index (χ3n) is 5.35. The van der Waals surface area contributed by atoms with E-state index in [-0.39, 0.29) is 23.5 Å². The van der Waals surface area contributed by atoms with Crippen LogP contribution in [0.25, 0.3) is 10.3 Å². The summed E-state index contributed by atoms with van der Waals surface area (Å²) < 4.78 is 2.40. The van der Waals surface area contributed by atoms with E-state index >= 15 is 0 Å². The smallest absolute Gasteiger partial charge is 0.275 e. The van der Waals surface area contributed by atoms with Crippen molar-refractivity contribution in [1.82, 2.24) is 19.7 Å². The van der Waals surface area contributed by atoms with Crippen LogP contribution < -0.4 is 5.32 Å². The van der Waals surface area contributed by atoms with Gasteiger partial charge in [-0.15, -0.1) is 0 Å². The van der Waals surface area contributed by atoms with Gasteiger partial charge in [-0.25, -0.2) is 4.68 Å². The van der Waals surface area contributed by atoms with Gasteiger partial charge in [0.1, 0.15) is 4.70 Å². The molecule has 1 fully saturated rings. The quantitative estimate of drug-likeness (QED) is 0.649. The summed E-state index contributed by atoms with van der Waals surface area (Å²) in [6.07, 6.45) is 0.772. The molecule has 1 saturated heterocycles. The number of amides is 2. The number of hydrogen-bond donors (Lipinski definition) is 2. The van der Waals surface area contributed by atoms with Crippen molar-refractivity contribution < 1.29 is 14.7 Å². The number of rotatable bonds is 3. The average Bonchev–Trinajstić information content (AvgIpc) is 3.26. The van der Waals surface area contributed by atoms with Crippen molar-refractivity contribution in [3.63, 3.8) is 0 Å². The van der Waals surface area contributed by atoms with Gasteiger partial charge in [-0.1, -0.05) is 29.0 Å². The van der Waals surface area contributed by atoms with E-state index in [1.54, 1.807) is 21.7 Å². The van der Waals surface area contributed by atoms with E-state index < -0.39 is 0 Å². The minimum absolute atomic E-state index is 0.167. The number of benzene rings is 1. The van der Waals surface area contributed by atoms with Crippen LogP contribution in [0.15, 0.2) is 24.3 Å². The molecule has 0 bridgehead atoms. The zero-order chi connectivity index (χ0) is 22.3. The predicted octanol–water partition coefficient (Wildman–Crippen LogP) is 3.41. The van der Waals surface area contributed by atoms with Gasteiger partial charge in [-0.3, -0.25) is 14.9 Å². The number of aryl methyl sites for hydroxylation is 1. The summed E-state index contributed by atoms with van der Waals surface area (Å²) in [5.74, 6) is -0.412. The summed E-state index contributed by atoms with van der Waals surface area (Å²) in [5, 5.41) is 17.6. The number of likely N-dealkylation sites (tertiary alicyclic amines) is 1. The fourth-order valence-electron chi connectivity index (χ4n) is 3.56. The van der Waals surface area contributed by atoms with Crippen molar-refractivity contribution >= 4 is 38.6 Å². The molecule has 3 aromatic rings. The minimum Gasteiger partial charge on any atom is -0.393 e. The number of fused-ring (bicyclic) bond motifs is 1. The summed E-state index contributed by atoms with van der Waals surface area (Å²) in [6, 6.07) is 7.32. The van der Waals surface area contributed by atoms with E-state index in [1.165, 1.54) is 11.3 Å². The highest BCUT2D eigenvalue weighted by Gasteiger charge is 2.31. The molecule has 1 aromatic carbocycles. The zero-order valence-corrected chi connectivity index (χ0v) is 19.0. The molecule has 8 nitrogen and oxygen atoms in total. The van der Waals surface area contributed by atoms with Crippen LogP contribution in [0.2, 0.25) is 0 Å². The lowest BCUT2D eigenvalue weighted by molar-refractivity contribution is 0.0542. The molecule has 31 heavy (non-hydrogen) atoms. The first-order valence-corrected chi connectivity index (χ1v) is 11.2. The fraction of sp³-hybridized carbons (Fsp3) is 0.455. The Morgan fingerprint density at radius 2 is 1.81 bits per heavy atom. The third kappa shape index (κ3) is 4.33. The molecule has 2 aromatic heterocycles. The third-order valence-corrected chi connectivity index (χ3v) is 6.32. The second-order valence-electron chi connectivity index (χ2n) is 8.95. The summed E-state index contributed by atoms with van der Waals surface area (Å²) in [5.41, 5.74) is 2.16. The van der Waals surface area contributed by atoms with Crippen LogP contribution in [0.4, 0.5) is 5.13 Å². The summed E-state index contributed by atoms with van der Waals surface area (Å²) >= 11 is 1.26. The van der Waals surface area contributed by atoms with E-state index in [9.17, 15) is 14.7 Å². The Bertz CT molecular complexity index is 1120. The van der Waals surface area contributed by atoms with Crippen molar-refractivity contribution in [1.29, 1.82) is 0 Å². The van der Waals surface area contributed by atoms with Gasteiger partial charge in [0, 0.05) is 18.7 Å². The lowest BCUT2D eigenvalue weighted by atomic mass is 10.1. The van der Waals surface area contributed by atoms with Crippen molar-refractivity contribution in [2.75, 3.05) is 18.4 Å². The fourth-order valence-corrected chi connectivity index (χ4v) is 4.47. The number of hydrogen-bond acceptors (Lipinski definition) is 6. The van der Waals surface area contributed by atoms with Gasteiger partial charge in [0.2, 0.25) is 0 Å². The average molecular weight is 442 g/mol. The highest BCUT2D eigenvalue weighted by molar-refractivity contribution is 7.22. The normalized spacial score (nSPS) is 15.5. The predicted molar refractivity (Wildman–Crippen MR) is 121 cm³/mol. The van der Waals surface area contributed by atoms with Crippen molar-refractivity contribution in [3.05, 3.63) is 41.1 Å². The molecule has 3 heterocycles. The number of anilines is 1. The monoisotopic (exact) mass is 441 g/mol. The number of nitrogens with zero attached hydrogens (tertiary/aromatic N) is 4. The van der Waals surface area contributed by atoms with Crippen LogP contribution in [0.1, 0.15) is 60.0 Å². The zero-order valence-electron chi connectivity index (χ0n) is 18.2. The molecular formula is C22H27N5O3S. The Morgan fingerprint density at radius 3 is 2.42 bits per heavy atom. The Morgan fingerprint density at radius 1 is 1.16 bits per heavy atom. The summed E-state index contributed by atoms with van der Waals surface area (Å²) in [4.78, 5) is 32.2. The van der Waals surface area contributed by atoms with Gasteiger partial charge >= 0.3 is 0 Å². The number of aliphatic hydroxyl groups excluding tert-OH is 1. The van der Waals surface area contributed by atoms with Crippen LogP contribution in [-0.4, -0.2) is 55.8 Å². The molecule has 1 aliphatic heterocycles. The summed E-state index contributed by atoms with van der Waals surface area (Å²) in [6.45, 7) is 8.95. The molecule has 2 amide bonds. The number of nitrogens with one attached hydrogen (secondary N) is 1. The number of piperidine rings is 1. The summed E-state index contributed by atoms with van der Waals surface area (Å²) in [7, 11) is 0. The Kier molecular flexibility index (Phi) is 5.57. The number of aliphatic hydroxyl groups is 1. The molecule has 164 valence electrons. The molecule has 1 aliphatic rings. The van der Waals surface area contributed by atoms with E-state index in [0.717, 1.165) is 5.56 Å². The van der Waals surface area contributed by atoms with Gasteiger partial charge in [-0.2, -0.15) is 10.1 Å². The van der Waals surface area contributed by atoms with Crippen LogP contribution in [-0.2, 0) is 5.54 Å². The van der Waals surface area contributed by atoms with E-state index in [4.69, 9.17) is 0 Å². The topological polar surface area (TPSA) is 100 Å². The Balaban J connectivity index is 1.67. The molecule has 4 rings (SSSR count). The number of carbonyl (C=O) groups excluding carboxylic acids is 2. The highest BCUT2D eigenvalue weighted by atomic mass is 32.1. The molecule has 0 radical (unpaired) electrons. The number of aromatic nitrogens is 3. The maximum absolute atomic E-state index is 13.2. The van der Waals surface area contributed by atoms with Crippen molar-refractivity contribution in [3.8, 4) is 0 Å². The van der Waals surface area contributed by atoms with E-state index in [0.29, 0.717) is 52.7 Å². The lowest BCUT2D eigenvalue weighted by Crippen LogP contribution is -2.40. The van der Waals surface area contributed by atoms with Gasteiger partial charge in [0.25, 0.3) is 11.8 Å². The van der Waals surface area contributed by atoms with Crippen molar-refractivity contribution in [2.45, 2.75) is 52.2 Å². The van der Waals surface area contributed by atoms with Gasteiger partial charge in [0.15, 0.2) is 16.5 Å². The Hall–Kier alpha value is -2.78. The Labute approximate surface area is 184 Å². The van der Waals surface area contributed by atoms with E-state index in [1.807, 2.05) is 39.8 Å². The molecule has 2 N–H and O–H groups in total. The van der Waals surface area contributed by atoms with Crippen LogP contribution in [0, 0.1) is 6.92 Å². The van der Waals surface area contributed by atoms with Crippen LogP contribution in [0.5, 0.6) is 0 Å². The van der Waals surface area contributed by atoms with Gasteiger partial charge in [-0.05, 0) is 52.7 Å². The lowest BCUT2D eigenvalue weighted by Gasteiger charge is -2.29. The minimum atomic E-state index is -0.388. The number of carbonyl (C=O) groups is 2. The molecule has 0 atom stereocenters. The maximum Gasteiger partial charge on any atom is 0.275 e. The van der Waals surface area contributed by atoms with Crippen LogP contribution in [0.3, 0.4) is 0 Å². The second kappa shape index (κ2) is 8.05. The standard InChI is InChI=1S/C22H27N5O3S/c1-13-5-7-14(8-6-13)19(29)24-21-23-18-17(31-21)16(25-27(18)22(2,3)4)20(30)26-11-9-15(28)10-12-26/h5-8,15,28H,9-12H2,1-4H3,(H,23,24,29). The van der Waals surface area contributed by atoms with Gasteiger partial charge in [0.05, 0.1) is 11.6 Å². The molecule has 0 unspecified atom stereocenters. The molecular weight excluding hydrogens is 414 g/mol. The van der Waals surface area contributed by atoms with Crippen LogP contribution >= 0.6 is 11.3 Å². The first-order valence-electron chi connectivity index (χ1n) is 10.4. The molecule has 0 aliphatic carbocycles. The van der Waals surface area contributed by atoms with Crippen molar-refractivity contribution in [2.24, 2.45) is 0 Å². The highest BCUT2D eigenvalue weighted by Crippen LogP contribution is 2.33. The van der Waals surface area contributed by atoms with Gasteiger partial charge < -0.3 is 10.0 Å². The molecule has 9 heteroatoms. The number of thiazole rings is 1. The maximum atomic E-state index is 13.2. The van der Waals surface area contributed by atoms with E-state index in [2.05, 4.69) is 15.4 Å². The first-order chi connectivity index (χ1) is 14.6. The largest absolute Gasteiger partial charge is 0.393 e. The second-order valence-corrected chi connectivity index (χ2v) is 9.95. The SMILES string of the molecule is Cc1ccc(C(=O)Nc2nc3c(s2)c(C(=O)N2CCC(O)CC2)nn3C(C)(C)C)cc1. The first kappa shape index (κ1) is 21.5.